The molecule has 0 radical (unpaired) electrons. The van der Waals surface area contributed by atoms with Gasteiger partial charge in [-0.25, -0.2) is 15.0 Å². The number of hydrogen-bond donors (Lipinski definition) is 0. The Kier molecular flexibility index (Phi) is 5.41. The number of rotatable bonds is 5. The zero-order valence-electron chi connectivity index (χ0n) is 17.9. The van der Waals surface area contributed by atoms with E-state index < -0.39 is 0 Å². The lowest BCUT2D eigenvalue weighted by molar-refractivity contribution is 0.0741. The number of carbonyl (C=O) groups is 1. The molecule has 1 aliphatic rings. The van der Waals surface area contributed by atoms with Crippen LogP contribution in [0.3, 0.4) is 0 Å². The SMILES string of the molecule is Cc1cccn2cc(COc3ccccc3C(=O)N3CCN(c4ncccn4)CC3)nc12. The molecule has 0 unspecified atom stereocenters. The minimum absolute atomic E-state index is 0.0277. The molecule has 1 aromatic carbocycles. The van der Waals surface area contributed by atoms with Gasteiger partial charge in [-0.05, 0) is 36.8 Å². The molecule has 4 aromatic rings. The summed E-state index contributed by atoms with van der Waals surface area (Å²) in [5.41, 5.74) is 3.40. The summed E-state index contributed by atoms with van der Waals surface area (Å²) in [6.45, 7) is 4.93. The van der Waals surface area contributed by atoms with Crippen LogP contribution in [0, 0.1) is 6.92 Å². The van der Waals surface area contributed by atoms with Gasteiger partial charge >= 0.3 is 0 Å². The molecule has 3 aromatic heterocycles. The molecule has 0 N–H and O–H groups in total. The number of anilines is 1. The van der Waals surface area contributed by atoms with E-state index in [1.165, 1.54) is 0 Å². The third kappa shape index (κ3) is 3.99. The van der Waals surface area contributed by atoms with Gasteiger partial charge in [0.1, 0.15) is 18.0 Å². The number of piperazine rings is 1. The molecule has 0 saturated carbocycles. The van der Waals surface area contributed by atoms with Crippen LogP contribution in [0.25, 0.3) is 5.65 Å². The number of para-hydroxylation sites is 1. The molecular formula is C24H24N6O2. The summed E-state index contributed by atoms with van der Waals surface area (Å²) in [6, 6.07) is 13.2. The monoisotopic (exact) mass is 428 g/mol. The van der Waals surface area contributed by atoms with Crippen molar-refractivity contribution in [1.82, 2.24) is 24.3 Å². The highest BCUT2D eigenvalue weighted by Gasteiger charge is 2.25. The number of pyridine rings is 1. The lowest BCUT2D eigenvalue weighted by Gasteiger charge is -2.34. The number of nitrogens with zero attached hydrogens (tertiary/aromatic N) is 6. The molecular weight excluding hydrogens is 404 g/mol. The van der Waals surface area contributed by atoms with Gasteiger partial charge in [-0.1, -0.05) is 18.2 Å². The first-order valence-corrected chi connectivity index (χ1v) is 10.7. The van der Waals surface area contributed by atoms with Gasteiger partial charge in [0.2, 0.25) is 5.95 Å². The second kappa shape index (κ2) is 8.66. The van der Waals surface area contributed by atoms with Crippen molar-refractivity contribution in [1.29, 1.82) is 0 Å². The van der Waals surface area contributed by atoms with Crippen molar-refractivity contribution in [3.05, 3.63) is 84.1 Å². The fourth-order valence-corrected chi connectivity index (χ4v) is 3.93. The Bertz CT molecular complexity index is 1230. The third-order valence-corrected chi connectivity index (χ3v) is 5.62. The highest BCUT2D eigenvalue weighted by Crippen LogP contribution is 2.23. The van der Waals surface area contributed by atoms with Gasteiger partial charge < -0.3 is 18.9 Å². The number of aromatic nitrogens is 4. The Labute approximate surface area is 186 Å². The summed E-state index contributed by atoms with van der Waals surface area (Å²) in [5, 5.41) is 0. The Balaban J connectivity index is 1.27. The van der Waals surface area contributed by atoms with Gasteiger partial charge in [-0.15, -0.1) is 0 Å². The third-order valence-electron chi connectivity index (χ3n) is 5.62. The van der Waals surface area contributed by atoms with Crippen LogP contribution in [-0.4, -0.2) is 56.3 Å². The zero-order chi connectivity index (χ0) is 21.9. The summed E-state index contributed by atoms with van der Waals surface area (Å²) in [6.07, 6.45) is 7.39. The van der Waals surface area contributed by atoms with Gasteiger partial charge in [0.05, 0.1) is 11.3 Å². The number of hydrogen-bond acceptors (Lipinski definition) is 6. The van der Waals surface area contributed by atoms with E-state index in [2.05, 4.69) is 19.9 Å². The summed E-state index contributed by atoms with van der Waals surface area (Å²) >= 11 is 0. The van der Waals surface area contributed by atoms with Crippen molar-refractivity contribution < 1.29 is 9.53 Å². The number of amides is 1. The van der Waals surface area contributed by atoms with Crippen LogP contribution in [-0.2, 0) is 6.61 Å². The summed E-state index contributed by atoms with van der Waals surface area (Å²) in [7, 11) is 0. The predicted octanol–water partition coefficient (Wildman–Crippen LogP) is 2.97. The average Bonchev–Trinajstić information content (AvgIpc) is 3.28. The van der Waals surface area contributed by atoms with E-state index in [-0.39, 0.29) is 5.91 Å². The van der Waals surface area contributed by atoms with Gasteiger partial charge in [0.15, 0.2) is 0 Å². The average molecular weight is 428 g/mol. The molecule has 5 rings (SSSR count). The van der Waals surface area contributed by atoms with Crippen LogP contribution in [0.2, 0.25) is 0 Å². The normalized spacial score (nSPS) is 14.0. The molecule has 1 aliphatic heterocycles. The quantitative estimate of drug-likeness (QED) is 0.487. The van der Waals surface area contributed by atoms with E-state index in [0.29, 0.717) is 50.0 Å². The maximum absolute atomic E-state index is 13.2. The number of fused-ring (bicyclic) bond motifs is 1. The number of ether oxygens (including phenoxy) is 1. The smallest absolute Gasteiger partial charge is 0.257 e. The maximum Gasteiger partial charge on any atom is 0.257 e. The Morgan fingerprint density at radius 2 is 1.78 bits per heavy atom. The molecule has 8 nitrogen and oxygen atoms in total. The Hall–Kier alpha value is -3.94. The first kappa shape index (κ1) is 20.0. The van der Waals surface area contributed by atoms with Crippen molar-refractivity contribution in [2.45, 2.75) is 13.5 Å². The standard InChI is InChI=1S/C24H24N6O2/c1-18-6-4-11-30-16-19(27-22(18)30)17-32-21-8-3-2-7-20(21)23(31)28-12-14-29(15-13-28)24-25-9-5-10-26-24/h2-11,16H,12-15,17H2,1H3. The number of aryl methyl sites for hydroxylation is 1. The molecule has 1 fully saturated rings. The molecule has 0 atom stereocenters. The van der Waals surface area contributed by atoms with Crippen LogP contribution >= 0.6 is 0 Å². The molecule has 162 valence electrons. The highest BCUT2D eigenvalue weighted by molar-refractivity contribution is 5.97. The lowest BCUT2D eigenvalue weighted by atomic mass is 10.1. The van der Waals surface area contributed by atoms with Crippen molar-refractivity contribution in [2.75, 3.05) is 31.1 Å². The highest BCUT2D eigenvalue weighted by atomic mass is 16.5. The van der Waals surface area contributed by atoms with E-state index in [0.717, 1.165) is 16.9 Å². The van der Waals surface area contributed by atoms with Crippen LogP contribution in [0.1, 0.15) is 21.6 Å². The minimum atomic E-state index is -0.0277. The first-order chi connectivity index (χ1) is 15.7. The summed E-state index contributed by atoms with van der Waals surface area (Å²) < 4.78 is 8.03. The second-order valence-corrected chi connectivity index (χ2v) is 7.77. The predicted molar refractivity (Wildman–Crippen MR) is 121 cm³/mol. The van der Waals surface area contributed by atoms with Crippen molar-refractivity contribution in [3.63, 3.8) is 0 Å². The molecule has 0 aliphatic carbocycles. The van der Waals surface area contributed by atoms with E-state index in [1.807, 2.05) is 65.0 Å². The van der Waals surface area contributed by atoms with Crippen molar-refractivity contribution in [2.24, 2.45) is 0 Å². The number of carbonyl (C=O) groups excluding carboxylic acids is 1. The van der Waals surface area contributed by atoms with Crippen LogP contribution in [0.4, 0.5) is 5.95 Å². The topological polar surface area (TPSA) is 75.9 Å². The Morgan fingerprint density at radius 1 is 1.00 bits per heavy atom. The number of benzene rings is 1. The van der Waals surface area contributed by atoms with Gasteiger partial charge in [0, 0.05) is 51.0 Å². The fourth-order valence-electron chi connectivity index (χ4n) is 3.93. The molecule has 8 heteroatoms. The zero-order valence-corrected chi connectivity index (χ0v) is 17.9. The molecule has 0 spiro atoms. The molecule has 4 heterocycles. The summed E-state index contributed by atoms with van der Waals surface area (Å²) in [5.74, 6) is 1.24. The molecule has 32 heavy (non-hydrogen) atoms. The molecule has 1 saturated heterocycles. The van der Waals surface area contributed by atoms with Crippen LogP contribution in [0.5, 0.6) is 5.75 Å². The van der Waals surface area contributed by atoms with Crippen LogP contribution < -0.4 is 9.64 Å². The first-order valence-electron chi connectivity index (χ1n) is 10.7. The molecule has 1 amide bonds. The van der Waals surface area contributed by atoms with E-state index in [1.54, 1.807) is 18.5 Å². The second-order valence-electron chi connectivity index (χ2n) is 7.77. The van der Waals surface area contributed by atoms with Crippen LogP contribution in [0.15, 0.2) is 67.3 Å². The fraction of sp³-hybridized carbons (Fsp3) is 0.250. The minimum Gasteiger partial charge on any atom is -0.486 e. The molecule has 0 bridgehead atoms. The van der Waals surface area contributed by atoms with E-state index >= 15 is 0 Å². The van der Waals surface area contributed by atoms with Crippen molar-refractivity contribution >= 4 is 17.5 Å². The summed E-state index contributed by atoms with van der Waals surface area (Å²) in [4.78, 5) is 30.4. The van der Waals surface area contributed by atoms with Gasteiger partial charge in [-0.2, -0.15) is 0 Å². The number of imidazole rings is 1. The van der Waals surface area contributed by atoms with E-state index in [4.69, 9.17) is 4.74 Å². The lowest BCUT2D eigenvalue weighted by Crippen LogP contribution is -2.49. The van der Waals surface area contributed by atoms with Gasteiger partial charge in [-0.3, -0.25) is 4.79 Å². The van der Waals surface area contributed by atoms with Gasteiger partial charge in [0.25, 0.3) is 5.91 Å². The van der Waals surface area contributed by atoms with Crippen molar-refractivity contribution in [3.8, 4) is 5.75 Å². The Morgan fingerprint density at radius 3 is 2.56 bits per heavy atom. The maximum atomic E-state index is 13.2. The largest absolute Gasteiger partial charge is 0.486 e. The van der Waals surface area contributed by atoms with E-state index in [9.17, 15) is 4.79 Å².